The molecule has 0 saturated heterocycles. The Balaban J connectivity index is 1.31. The number of benzene rings is 1. The number of aromatic amines is 1. The lowest BCUT2D eigenvalue weighted by atomic mass is 10.1. The molecule has 1 aromatic carbocycles. The van der Waals surface area contributed by atoms with Crippen molar-refractivity contribution in [2.24, 2.45) is 0 Å². The van der Waals surface area contributed by atoms with Gasteiger partial charge in [-0.1, -0.05) is 23.4 Å². The summed E-state index contributed by atoms with van der Waals surface area (Å²) in [5.41, 5.74) is 3.33. The van der Waals surface area contributed by atoms with Crippen molar-refractivity contribution in [3.63, 3.8) is 0 Å². The molecule has 4 rings (SSSR count). The van der Waals surface area contributed by atoms with Crippen molar-refractivity contribution in [3.8, 4) is 0 Å². The van der Waals surface area contributed by atoms with Crippen molar-refractivity contribution >= 4 is 28.1 Å². The minimum absolute atomic E-state index is 0.242. The number of thiophene rings is 1. The van der Waals surface area contributed by atoms with E-state index in [9.17, 15) is 9.90 Å². The molecule has 3 aromatic heterocycles. The average molecular weight is 381 g/mol. The van der Waals surface area contributed by atoms with Crippen LogP contribution in [0.4, 0.5) is 0 Å². The molecule has 0 aliphatic heterocycles. The smallest absolute Gasteiger partial charge is 0.273 e. The monoisotopic (exact) mass is 381 g/mol. The second kappa shape index (κ2) is 7.73. The fourth-order valence-corrected chi connectivity index (χ4v) is 3.69. The van der Waals surface area contributed by atoms with Gasteiger partial charge in [-0.05, 0) is 40.4 Å². The van der Waals surface area contributed by atoms with Crippen LogP contribution in [0.25, 0.3) is 10.9 Å². The number of hydrogen-bond acceptors (Lipinski definition) is 5. The zero-order chi connectivity index (χ0) is 18.6. The third-order valence-corrected chi connectivity index (χ3v) is 5.12. The van der Waals surface area contributed by atoms with Gasteiger partial charge < -0.3 is 15.4 Å². The van der Waals surface area contributed by atoms with Gasteiger partial charge in [0.25, 0.3) is 5.91 Å². The van der Waals surface area contributed by atoms with Crippen molar-refractivity contribution in [1.29, 1.82) is 0 Å². The van der Waals surface area contributed by atoms with Crippen LogP contribution in [0.3, 0.4) is 0 Å². The highest BCUT2D eigenvalue weighted by molar-refractivity contribution is 7.07. The number of aliphatic hydroxyl groups is 1. The number of aliphatic hydroxyl groups excluding tert-OH is 1. The third kappa shape index (κ3) is 3.91. The summed E-state index contributed by atoms with van der Waals surface area (Å²) in [6.45, 7) is 0.761. The van der Waals surface area contributed by atoms with Crippen LogP contribution >= 0.6 is 11.3 Å². The van der Waals surface area contributed by atoms with Gasteiger partial charge >= 0.3 is 0 Å². The molecule has 3 N–H and O–H groups in total. The molecule has 3 heterocycles. The van der Waals surface area contributed by atoms with E-state index < -0.39 is 6.10 Å². The van der Waals surface area contributed by atoms with E-state index in [-0.39, 0.29) is 18.1 Å². The SMILES string of the molecule is O=C(NCCc1c[nH]c2ccccc12)c1cn(C[C@H](O)c2ccsc2)nn1. The van der Waals surface area contributed by atoms with Crippen molar-refractivity contribution in [2.75, 3.05) is 6.54 Å². The van der Waals surface area contributed by atoms with Crippen molar-refractivity contribution < 1.29 is 9.90 Å². The van der Waals surface area contributed by atoms with Crippen molar-refractivity contribution in [2.45, 2.75) is 19.1 Å². The summed E-state index contributed by atoms with van der Waals surface area (Å²) in [6.07, 6.45) is 3.58. The third-order valence-electron chi connectivity index (χ3n) is 4.41. The normalized spacial score (nSPS) is 12.3. The molecule has 7 nitrogen and oxygen atoms in total. The molecule has 0 aliphatic carbocycles. The highest BCUT2D eigenvalue weighted by Crippen LogP contribution is 2.18. The molecule has 0 aliphatic rings. The van der Waals surface area contributed by atoms with Crippen LogP contribution in [0, 0.1) is 0 Å². The largest absolute Gasteiger partial charge is 0.386 e. The topological polar surface area (TPSA) is 95.8 Å². The van der Waals surface area contributed by atoms with Crippen LogP contribution < -0.4 is 5.32 Å². The van der Waals surface area contributed by atoms with Gasteiger partial charge in [0.05, 0.1) is 18.8 Å². The number of H-pyrrole nitrogens is 1. The lowest BCUT2D eigenvalue weighted by Gasteiger charge is -2.07. The first-order valence-electron chi connectivity index (χ1n) is 8.64. The number of carbonyl (C=O) groups excluding carboxylic acids is 1. The van der Waals surface area contributed by atoms with Crippen molar-refractivity contribution in [1.82, 2.24) is 25.3 Å². The molecule has 27 heavy (non-hydrogen) atoms. The predicted molar refractivity (Wildman–Crippen MR) is 104 cm³/mol. The Kier molecular flexibility index (Phi) is 4.99. The highest BCUT2D eigenvalue weighted by atomic mass is 32.1. The molecule has 0 fully saturated rings. The van der Waals surface area contributed by atoms with Gasteiger partial charge in [-0.25, -0.2) is 4.68 Å². The van der Waals surface area contributed by atoms with Gasteiger partial charge in [0.1, 0.15) is 0 Å². The first-order chi connectivity index (χ1) is 13.2. The Labute approximate surface area is 159 Å². The minimum Gasteiger partial charge on any atom is -0.386 e. The summed E-state index contributed by atoms with van der Waals surface area (Å²) in [5, 5.41) is 25.8. The Bertz CT molecular complexity index is 1040. The molecule has 0 saturated carbocycles. The number of carbonyl (C=O) groups is 1. The number of rotatable bonds is 7. The number of nitrogens with zero attached hydrogens (tertiary/aromatic N) is 3. The summed E-state index contributed by atoms with van der Waals surface area (Å²) in [7, 11) is 0. The van der Waals surface area contributed by atoms with Gasteiger partial charge in [0.2, 0.25) is 0 Å². The first-order valence-corrected chi connectivity index (χ1v) is 9.58. The Morgan fingerprint density at radius 2 is 2.22 bits per heavy atom. The molecule has 1 atom stereocenters. The summed E-state index contributed by atoms with van der Waals surface area (Å²) in [4.78, 5) is 15.5. The van der Waals surface area contributed by atoms with Gasteiger partial charge in [-0.2, -0.15) is 11.3 Å². The number of hydrogen-bond donors (Lipinski definition) is 3. The number of fused-ring (bicyclic) bond motifs is 1. The van der Waals surface area contributed by atoms with E-state index in [0.717, 1.165) is 23.1 Å². The zero-order valence-corrected chi connectivity index (χ0v) is 15.3. The van der Waals surface area contributed by atoms with E-state index >= 15 is 0 Å². The van der Waals surface area contributed by atoms with Crippen LogP contribution in [0.1, 0.15) is 27.7 Å². The molecule has 1 amide bonds. The molecule has 0 bridgehead atoms. The Morgan fingerprint density at radius 1 is 1.33 bits per heavy atom. The van der Waals surface area contributed by atoms with Crippen LogP contribution in [0.2, 0.25) is 0 Å². The van der Waals surface area contributed by atoms with Gasteiger partial charge in [0.15, 0.2) is 5.69 Å². The predicted octanol–water partition coefficient (Wildman–Crippen LogP) is 2.53. The van der Waals surface area contributed by atoms with E-state index in [1.54, 1.807) is 6.20 Å². The number of para-hydroxylation sites is 1. The molecule has 8 heteroatoms. The highest BCUT2D eigenvalue weighted by Gasteiger charge is 2.14. The van der Waals surface area contributed by atoms with Crippen LogP contribution in [0.15, 0.2) is 53.5 Å². The maximum Gasteiger partial charge on any atom is 0.273 e. The number of amides is 1. The summed E-state index contributed by atoms with van der Waals surface area (Å²) < 4.78 is 1.48. The Morgan fingerprint density at radius 3 is 3.07 bits per heavy atom. The second-order valence-electron chi connectivity index (χ2n) is 6.26. The maximum atomic E-state index is 12.3. The average Bonchev–Trinajstić information content (AvgIpc) is 3.43. The van der Waals surface area contributed by atoms with E-state index in [2.05, 4.69) is 26.7 Å². The summed E-state index contributed by atoms with van der Waals surface area (Å²) >= 11 is 1.53. The maximum absolute atomic E-state index is 12.3. The van der Waals surface area contributed by atoms with E-state index in [1.165, 1.54) is 21.4 Å². The minimum atomic E-state index is -0.671. The fraction of sp³-hybridized carbons (Fsp3) is 0.211. The van der Waals surface area contributed by atoms with E-state index in [1.807, 2.05) is 41.2 Å². The standard InChI is InChI=1S/C19H19N5O2S/c25-18(14-6-8-27-12-14)11-24-10-17(22-23-24)19(26)20-7-5-13-9-21-16-4-2-1-3-15(13)16/h1-4,6,8-10,12,18,21,25H,5,7,11H2,(H,20,26)/t18-/m0/s1. The molecular weight excluding hydrogens is 362 g/mol. The Hall–Kier alpha value is -2.97. The quantitative estimate of drug-likeness (QED) is 0.458. The zero-order valence-electron chi connectivity index (χ0n) is 14.5. The molecule has 4 aromatic rings. The molecule has 138 valence electrons. The number of nitrogens with one attached hydrogen (secondary N) is 2. The summed E-state index contributed by atoms with van der Waals surface area (Å²) in [6, 6.07) is 9.95. The van der Waals surface area contributed by atoms with Gasteiger partial charge in [-0.3, -0.25) is 4.79 Å². The van der Waals surface area contributed by atoms with Gasteiger partial charge in [0, 0.05) is 23.6 Å². The van der Waals surface area contributed by atoms with Crippen LogP contribution in [0.5, 0.6) is 0 Å². The molecule has 0 spiro atoms. The second-order valence-corrected chi connectivity index (χ2v) is 7.04. The lowest BCUT2D eigenvalue weighted by molar-refractivity contribution is 0.0949. The lowest BCUT2D eigenvalue weighted by Crippen LogP contribution is -2.26. The molecular formula is C19H19N5O2S. The van der Waals surface area contributed by atoms with Gasteiger partial charge in [-0.15, -0.1) is 5.10 Å². The molecule has 0 radical (unpaired) electrons. The van der Waals surface area contributed by atoms with Crippen LogP contribution in [-0.2, 0) is 13.0 Å². The fourth-order valence-electron chi connectivity index (χ4n) is 2.98. The van der Waals surface area contributed by atoms with Crippen LogP contribution in [-0.4, -0.2) is 37.5 Å². The summed E-state index contributed by atoms with van der Waals surface area (Å²) in [5.74, 6) is -0.272. The van der Waals surface area contributed by atoms with E-state index in [4.69, 9.17) is 0 Å². The van der Waals surface area contributed by atoms with E-state index in [0.29, 0.717) is 6.54 Å². The molecule has 0 unspecified atom stereocenters. The number of aromatic nitrogens is 4. The first kappa shape index (κ1) is 17.4. The van der Waals surface area contributed by atoms with Crippen molar-refractivity contribution in [3.05, 3.63) is 70.3 Å².